The highest BCUT2D eigenvalue weighted by Crippen LogP contribution is 2.28. The highest BCUT2D eigenvalue weighted by molar-refractivity contribution is 5.60. The number of hydrogen-bond acceptors (Lipinski definition) is 10. The summed E-state index contributed by atoms with van der Waals surface area (Å²) in [5.74, 6) is -0.909. The lowest BCUT2D eigenvalue weighted by atomic mass is 10.1. The Morgan fingerprint density at radius 2 is 1.84 bits per heavy atom. The minimum absolute atomic E-state index is 0.0761. The molecule has 0 atom stereocenters. The topological polar surface area (TPSA) is 98.3 Å². The summed E-state index contributed by atoms with van der Waals surface area (Å²) < 4.78 is 45.6. The van der Waals surface area contributed by atoms with Crippen molar-refractivity contribution in [3.8, 4) is 11.6 Å². The SMILES string of the molecule is CC(C)OC(=O)ON1CCC(Oc2cc(Nc3cc(F)c(OCCN4CCCC4)cc3F)ncn2)CC1. The number of halogens is 2. The average Bonchev–Trinajstić information content (AvgIpc) is 3.37. The monoisotopic (exact) mass is 521 g/mol. The normalized spacial score (nSPS) is 17.1. The third kappa shape index (κ3) is 8.12. The Bertz CT molecular complexity index is 1050. The molecule has 2 aromatic rings. The van der Waals surface area contributed by atoms with Crippen LogP contribution in [0.2, 0.25) is 0 Å². The second kappa shape index (κ2) is 12.8. The number of hydrogen-bond donors (Lipinski definition) is 1. The Hall–Kier alpha value is -3.25. The summed E-state index contributed by atoms with van der Waals surface area (Å²) >= 11 is 0. The lowest BCUT2D eigenvalue weighted by Gasteiger charge is -2.30. The maximum Gasteiger partial charge on any atom is 0.528 e. The van der Waals surface area contributed by atoms with Crippen molar-refractivity contribution in [3.05, 3.63) is 36.2 Å². The minimum Gasteiger partial charge on any atom is -0.489 e. The molecule has 0 spiro atoms. The number of nitrogens with one attached hydrogen (secondary N) is 1. The van der Waals surface area contributed by atoms with E-state index >= 15 is 0 Å². The predicted octanol–water partition coefficient (Wildman–Crippen LogP) is 4.29. The number of ether oxygens (including phenoxy) is 3. The molecule has 0 aliphatic carbocycles. The van der Waals surface area contributed by atoms with Crippen LogP contribution < -0.4 is 14.8 Å². The zero-order valence-corrected chi connectivity index (χ0v) is 21.1. The summed E-state index contributed by atoms with van der Waals surface area (Å²) in [6, 6.07) is 3.59. The van der Waals surface area contributed by atoms with Gasteiger partial charge in [-0.2, -0.15) is 0 Å². The van der Waals surface area contributed by atoms with Crippen molar-refractivity contribution in [1.82, 2.24) is 19.9 Å². The molecule has 1 aromatic carbocycles. The number of hydroxylamine groups is 2. The number of rotatable bonds is 10. The van der Waals surface area contributed by atoms with Crippen molar-refractivity contribution in [2.24, 2.45) is 0 Å². The first-order valence-corrected chi connectivity index (χ1v) is 12.6. The molecule has 10 nitrogen and oxygen atoms in total. The second-order valence-electron chi connectivity index (χ2n) is 9.28. The van der Waals surface area contributed by atoms with Crippen molar-refractivity contribution in [3.63, 3.8) is 0 Å². The van der Waals surface area contributed by atoms with Crippen LogP contribution >= 0.6 is 0 Å². The van der Waals surface area contributed by atoms with E-state index in [9.17, 15) is 13.6 Å². The first-order valence-electron chi connectivity index (χ1n) is 12.6. The third-order valence-corrected chi connectivity index (χ3v) is 6.01. The number of anilines is 2. The first kappa shape index (κ1) is 26.8. The van der Waals surface area contributed by atoms with E-state index in [0.29, 0.717) is 45.0 Å². The van der Waals surface area contributed by atoms with Crippen LogP contribution in [0.25, 0.3) is 0 Å². The maximum absolute atomic E-state index is 14.7. The Balaban J connectivity index is 1.27. The number of likely N-dealkylation sites (tertiary alicyclic amines) is 1. The minimum atomic E-state index is -0.730. The van der Waals surface area contributed by atoms with Crippen LogP contribution in [0, 0.1) is 11.6 Å². The molecular weight excluding hydrogens is 488 g/mol. The van der Waals surface area contributed by atoms with Gasteiger partial charge in [0, 0.05) is 50.7 Å². The standard InChI is InChI=1S/C25H33F2N5O5/c1-17(2)35-25(33)37-32-9-5-18(6-10-32)36-24-15-23(28-16-29-24)30-21-13-20(27)22(14-19(21)26)34-12-11-31-7-3-4-8-31/h13-18H,3-12H2,1-2H3,(H,28,29,30). The highest BCUT2D eigenvalue weighted by Gasteiger charge is 2.24. The smallest absolute Gasteiger partial charge is 0.489 e. The Kier molecular flexibility index (Phi) is 9.29. The molecular formula is C25H33F2N5O5. The lowest BCUT2D eigenvalue weighted by Crippen LogP contribution is -2.40. The van der Waals surface area contributed by atoms with Crippen molar-refractivity contribution in [2.75, 3.05) is 44.6 Å². The Morgan fingerprint density at radius 3 is 2.57 bits per heavy atom. The third-order valence-electron chi connectivity index (χ3n) is 6.01. The van der Waals surface area contributed by atoms with Crippen molar-refractivity contribution in [1.29, 1.82) is 0 Å². The van der Waals surface area contributed by atoms with Crippen LogP contribution in [-0.2, 0) is 9.57 Å². The zero-order valence-electron chi connectivity index (χ0n) is 21.1. The van der Waals surface area contributed by atoms with E-state index in [2.05, 4.69) is 20.2 Å². The molecule has 2 saturated heterocycles. The number of benzene rings is 1. The average molecular weight is 522 g/mol. The molecule has 37 heavy (non-hydrogen) atoms. The van der Waals surface area contributed by atoms with E-state index in [1.807, 2.05) is 0 Å². The van der Waals surface area contributed by atoms with Gasteiger partial charge in [0.25, 0.3) is 0 Å². The summed E-state index contributed by atoms with van der Waals surface area (Å²) in [4.78, 5) is 27.2. The van der Waals surface area contributed by atoms with E-state index in [-0.39, 0.29) is 29.5 Å². The number of carbonyl (C=O) groups excluding carboxylic acids is 1. The lowest BCUT2D eigenvalue weighted by molar-refractivity contribution is -0.151. The molecule has 12 heteroatoms. The largest absolute Gasteiger partial charge is 0.528 e. The van der Waals surface area contributed by atoms with Crippen LogP contribution in [-0.4, -0.2) is 77.6 Å². The van der Waals surface area contributed by atoms with Gasteiger partial charge in [0.15, 0.2) is 17.4 Å². The summed E-state index contributed by atoms with van der Waals surface area (Å²) in [5.41, 5.74) is -0.0761. The molecule has 1 N–H and O–H groups in total. The molecule has 0 bridgehead atoms. The Morgan fingerprint density at radius 1 is 1.08 bits per heavy atom. The number of carbonyl (C=O) groups is 1. The van der Waals surface area contributed by atoms with Gasteiger partial charge >= 0.3 is 6.16 Å². The summed E-state index contributed by atoms with van der Waals surface area (Å²) in [5, 5.41) is 4.31. The number of aromatic nitrogens is 2. The van der Waals surface area contributed by atoms with E-state index in [1.54, 1.807) is 13.8 Å². The predicted molar refractivity (Wildman–Crippen MR) is 131 cm³/mol. The summed E-state index contributed by atoms with van der Waals surface area (Å²) in [6.07, 6.45) is 3.65. The molecule has 2 aliphatic rings. The number of piperidine rings is 1. The molecule has 2 aliphatic heterocycles. The molecule has 0 saturated carbocycles. The fourth-order valence-electron chi connectivity index (χ4n) is 4.17. The number of nitrogens with zero attached hydrogens (tertiary/aromatic N) is 4. The molecule has 0 amide bonds. The first-order chi connectivity index (χ1) is 17.9. The maximum atomic E-state index is 14.7. The molecule has 0 radical (unpaired) electrons. The zero-order chi connectivity index (χ0) is 26.2. The van der Waals surface area contributed by atoms with Crippen molar-refractivity contribution < 1.29 is 32.6 Å². The van der Waals surface area contributed by atoms with Gasteiger partial charge in [-0.3, -0.25) is 4.90 Å². The highest BCUT2D eigenvalue weighted by atomic mass is 19.1. The summed E-state index contributed by atoms with van der Waals surface area (Å²) in [6.45, 7) is 7.45. The van der Waals surface area contributed by atoms with Crippen molar-refractivity contribution >= 4 is 17.7 Å². The molecule has 1 aromatic heterocycles. The van der Waals surface area contributed by atoms with E-state index in [4.69, 9.17) is 19.0 Å². The fraction of sp³-hybridized carbons (Fsp3) is 0.560. The van der Waals surface area contributed by atoms with Crippen LogP contribution in [0.5, 0.6) is 11.6 Å². The van der Waals surface area contributed by atoms with Gasteiger partial charge in [-0.15, -0.1) is 5.06 Å². The van der Waals surface area contributed by atoms with Crippen LogP contribution in [0.4, 0.5) is 25.1 Å². The van der Waals surface area contributed by atoms with Gasteiger partial charge in [-0.05, 0) is 39.8 Å². The van der Waals surface area contributed by atoms with E-state index in [1.165, 1.54) is 17.5 Å². The fourth-order valence-corrected chi connectivity index (χ4v) is 4.17. The molecule has 3 heterocycles. The van der Waals surface area contributed by atoms with Gasteiger partial charge in [0.05, 0.1) is 11.8 Å². The molecule has 0 unspecified atom stereocenters. The molecule has 2 fully saturated rings. The van der Waals surface area contributed by atoms with Crippen LogP contribution in [0.3, 0.4) is 0 Å². The van der Waals surface area contributed by atoms with Crippen LogP contribution in [0.1, 0.15) is 39.5 Å². The van der Waals surface area contributed by atoms with Crippen LogP contribution in [0.15, 0.2) is 24.5 Å². The van der Waals surface area contributed by atoms with Gasteiger partial charge in [-0.1, -0.05) is 0 Å². The van der Waals surface area contributed by atoms with E-state index in [0.717, 1.165) is 38.1 Å². The van der Waals surface area contributed by atoms with E-state index < -0.39 is 17.8 Å². The van der Waals surface area contributed by atoms with Gasteiger partial charge in [0.1, 0.15) is 24.9 Å². The summed E-state index contributed by atoms with van der Waals surface area (Å²) in [7, 11) is 0. The Labute approximate surface area is 214 Å². The van der Waals surface area contributed by atoms with Crippen molar-refractivity contribution in [2.45, 2.75) is 51.7 Å². The quantitative estimate of drug-likeness (QED) is 0.456. The second-order valence-corrected chi connectivity index (χ2v) is 9.28. The molecule has 4 rings (SSSR count). The van der Waals surface area contributed by atoms with Gasteiger partial charge < -0.3 is 24.4 Å². The van der Waals surface area contributed by atoms with Gasteiger partial charge in [-0.25, -0.2) is 23.5 Å². The molecule has 202 valence electrons. The van der Waals surface area contributed by atoms with Gasteiger partial charge in [0.2, 0.25) is 5.88 Å².